The van der Waals surface area contributed by atoms with Gasteiger partial charge in [0, 0.05) is 51.4 Å². The summed E-state index contributed by atoms with van der Waals surface area (Å²) in [5.41, 5.74) is 0.261. The highest BCUT2D eigenvalue weighted by molar-refractivity contribution is 5.80. The van der Waals surface area contributed by atoms with Crippen LogP contribution in [0, 0.1) is 5.92 Å². The number of guanidine groups is 1. The summed E-state index contributed by atoms with van der Waals surface area (Å²) in [7, 11) is 6.41. The molecule has 3 fully saturated rings. The fourth-order valence-corrected chi connectivity index (χ4v) is 5.11. The van der Waals surface area contributed by atoms with E-state index in [2.05, 4.69) is 46.0 Å². The van der Waals surface area contributed by atoms with E-state index in [0.717, 1.165) is 57.8 Å². The molecule has 0 bridgehead atoms. The van der Waals surface area contributed by atoms with E-state index in [9.17, 15) is 0 Å². The van der Waals surface area contributed by atoms with Crippen molar-refractivity contribution in [1.82, 2.24) is 20.0 Å². The number of morpholine rings is 1. The highest BCUT2D eigenvalue weighted by Gasteiger charge is 2.38. The second-order valence-corrected chi connectivity index (χ2v) is 8.76. The Bertz CT molecular complexity index is 477. The van der Waals surface area contributed by atoms with Crippen LogP contribution < -0.4 is 5.32 Å². The first-order valence-corrected chi connectivity index (χ1v) is 10.5. The molecule has 2 heterocycles. The van der Waals surface area contributed by atoms with Gasteiger partial charge in [0.15, 0.2) is 5.96 Å². The minimum absolute atomic E-state index is 0.261. The minimum atomic E-state index is 0.261. The van der Waals surface area contributed by atoms with Gasteiger partial charge in [0.2, 0.25) is 0 Å². The standard InChI is InChI=1S/C20H39N5O/c1-17-6-5-8-20(14-17,23(3)4)16-22-19(21-2)25-9-7-18(15-25)24-10-12-26-13-11-24/h17-18H,5-16H2,1-4H3,(H,21,22). The second-order valence-electron chi connectivity index (χ2n) is 8.76. The number of nitrogens with zero attached hydrogens (tertiary/aromatic N) is 4. The molecule has 6 heteroatoms. The maximum Gasteiger partial charge on any atom is 0.193 e. The average Bonchev–Trinajstić information content (AvgIpc) is 3.13. The van der Waals surface area contributed by atoms with E-state index >= 15 is 0 Å². The van der Waals surface area contributed by atoms with Gasteiger partial charge in [0.05, 0.1) is 13.2 Å². The van der Waals surface area contributed by atoms with Crippen LogP contribution in [0.15, 0.2) is 4.99 Å². The minimum Gasteiger partial charge on any atom is -0.379 e. The number of nitrogens with one attached hydrogen (secondary N) is 1. The molecule has 3 rings (SSSR count). The molecule has 1 aliphatic carbocycles. The molecule has 1 saturated carbocycles. The molecule has 2 saturated heterocycles. The summed E-state index contributed by atoms with van der Waals surface area (Å²) < 4.78 is 5.51. The molecule has 6 nitrogen and oxygen atoms in total. The van der Waals surface area contributed by atoms with E-state index in [1.54, 1.807) is 0 Å². The van der Waals surface area contributed by atoms with Crippen LogP contribution in [0.1, 0.15) is 39.0 Å². The monoisotopic (exact) mass is 365 g/mol. The zero-order valence-corrected chi connectivity index (χ0v) is 17.3. The van der Waals surface area contributed by atoms with Crippen molar-refractivity contribution in [2.24, 2.45) is 10.9 Å². The molecule has 1 N–H and O–H groups in total. The van der Waals surface area contributed by atoms with Crippen LogP contribution in [0.2, 0.25) is 0 Å². The van der Waals surface area contributed by atoms with E-state index < -0.39 is 0 Å². The Hall–Kier alpha value is -0.850. The molecular weight excluding hydrogens is 326 g/mol. The van der Waals surface area contributed by atoms with Gasteiger partial charge in [-0.25, -0.2) is 0 Å². The van der Waals surface area contributed by atoms with E-state index in [0.29, 0.717) is 6.04 Å². The van der Waals surface area contributed by atoms with Gasteiger partial charge in [-0.2, -0.15) is 0 Å². The van der Waals surface area contributed by atoms with Crippen LogP contribution in [0.4, 0.5) is 0 Å². The number of aliphatic imine (C=N–C) groups is 1. The van der Waals surface area contributed by atoms with Crippen molar-refractivity contribution in [1.29, 1.82) is 0 Å². The summed E-state index contributed by atoms with van der Waals surface area (Å²) in [6.07, 6.45) is 6.50. The Morgan fingerprint density at radius 3 is 2.65 bits per heavy atom. The lowest BCUT2D eigenvalue weighted by Crippen LogP contribution is -2.57. The average molecular weight is 366 g/mol. The van der Waals surface area contributed by atoms with Crippen LogP contribution >= 0.6 is 0 Å². The molecular formula is C20H39N5O. The summed E-state index contributed by atoms with van der Waals surface area (Å²) in [4.78, 5) is 12.1. The molecule has 0 radical (unpaired) electrons. The third-order valence-corrected chi connectivity index (χ3v) is 6.83. The van der Waals surface area contributed by atoms with Crippen LogP contribution in [-0.4, -0.2) is 99.3 Å². The molecule has 3 unspecified atom stereocenters. The van der Waals surface area contributed by atoms with Gasteiger partial charge in [-0.3, -0.25) is 9.89 Å². The van der Waals surface area contributed by atoms with Gasteiger partial charge in [-0.15, -0.1) is 0 Å². The molecule has 26 heavy (non-hydrogen) atoms. The van der Waals surface area contributed by atoms with Crippen LogP contribution in [0.25, 0.3) is 0 Å². The van der Waals surface area contributed by atoms with Gasteiger partial charge in [-0.1, -0.05) is 19.8 Å². The van der Waals surface area contributed by atoms with Crippen molar-refractivity contribution in [3.8, 4) is 0 Å². The molecule has 150 valence electrons. The molecule has 2 aliphatic heterocycles. The van der Waals surface area contributed by atoms with Crippen LogP contribution in [0.5, 0.6) is 0 Å². The fourth-order valence-electron chi connectivity index (χ4n) is 5.11. The lowest BCUT2D eigenvalue weighted by atomic mass is 9.75. The lowest BCUT2D eigenvalue weighted by Gasteiger charge is -2.45. The third-order valence-electron chi connectivity index (χ3n) is 6.83. The summed E-state index contributed by atoms with van der Waals surface area (Å²) in [5, 5.41) is 3.74. The van der Waals surface area contributed by atoms with Gasteiger partial charge in [0.25, 0.3) is 0 Å². The van der Waals surface area contributed by atoms with Gasteiger partial charge in [0.1, 0.15) is 0 Å². The Kier molecular flexibility index (Phi) is 6.81. The summed E-state index contributed by atoms with van der Waals surface area (Å²) in [6.45, 7) is 9.51. The van der Waals surface area contributed by atoms with Crippen molar-refractivity contribution in [3.63, 3.8) is 0 Å². The quantitative estimate of drug-likeness (QED) is 0.604. The van der Waals surface area contributed by atoms with E-state index in [1.165, 1.54) is 32.1 Å². The summed E-state index contributed by atoms with van der Waals surface area (Å²) in [5.74, 6) is 1.90. The first-order valence-electron chi connectivity index (χ1n) is 10.5. The predicted octanol–water partition coefficient (Wildman–Crippen LogP) is 1.48. The molecule has 3 aliphatic rings. The van der Waals surface area contributed by atoms with Gasteiger partial charge in [-0.05, 0) is 39.3 Å². The Morgan fingerprint density at radius 1 is 1.23 bits per heavy atom. The van der Waals surface area contributed by atoms with Crippen molar-refractivity contribution in [3.05, 3.63) is 0 Å². The molecule has 0 aromatic carbocycles. The Labute approximate surface area is 159 Å². The van der Waals surface area contributed by atoms with Gasteiger partial charge < -0.3 is 19.9 Å². The van der Waals surface area contributed by atoms with E-state index in [1.807, 2.05) is 7.05 Å². The third kappa shape index (κ3) is 4.52. The van der Waals surface area contributed by atoms with Crippen molar-refractivity contribution in [2.75, 3.05) is 67.1 Å². The van der Waals surface area contributed by atoms with Crippen LogP contribution in [-0.2, 0) is 4.74 Å². The van der Waals surface area contributed by atoms with Crippen molar-refractivity contribution >= 4 is 5.96 Å². The molecule has 3 atom stereocenters. The first kappa shape index (κ1) is 19.9. The molecule has 0 amide bonds. The number of hydrogen-bond acceptors (Lipinski definition) is 4. The van der Waals surface area contributed by atoms with Crippen molar-refractivity contribution in [2.45, 2.75) is 50.6 Å². The maximum atomic E-state index is 5.51. The number of hydrogen-bond donors (Lipinski definition) is 1. The molecule has 0 spiro atoms. The zero-order valence-electron chi connectivity index (χ0n) is 17.3. The first-order chi connectivity index (χ1) is 12.5. The van der Waals surface area contributed by atoms with Gasteiger partial charge >= 0.3 is 0 Å². The second kappa shape index (κ2) is 8.89. The number of likely N-dealkylation sites (N-methyl/N-ethyl adjacent to an activating group) is 1. The SMILES string of the molecule is CN=C(NCC1(N(C)C)CCCC(C)C1)N1CCC(N2CCOCC2)C1. The molecule has 0 aromatic heterocycles. The maximum absolute atomic E-state index is 5.51. The Morgan fingerprint density at radius 2 is 2.00 bits per heavy atom. The fraction of sp³-hybridized carbons (Fsp3) is 0.950. The highest BCUT2D eigenvalue weighted by atomic mass is 16.5. The van der Waals surface area contributed by atoms with Crippen molar-refractivity contribution < 1.29 is 4.74 Å². The number of likely N-dealkylation sites (tertiary alicyclic amines) is 1. The van der Waals surface area contributed by atoms with E-state index in [-0.39, 0.29) is 5.54 Å². The molecule has 0 aromatic rings. The summed E-state index contributed by atoms with van der Waals surface area (Å²) in [6, 6.07) is 0.648. The zero-order chi connectivity index (χ0) is 18.6. The smallest absolute Gasteiger partial charge is 0.193 e. The Balaban J connectivity index is 1.56. The largest absolute Gasteiger partial charge is 0.379 e. The number of ether oxygens (including phenoxy) is 1. The summed E-state index contributed by atoms with van der Waals surface area (Å²) >= 11 is 0. The number of rotatable bonds is 4. The van der Waals surface area contributed by atoms with E-state index in [4.69, 9.17) is 4.74 Å². The van der Waals surface area contributed by atoms with Crippen LogP contribution in [0.3, 0.4) is 0 Å². The topological polar surface area (TPSA) is 43.3 Å². The lowest BCUT2D eigenvalue weighted by molar-refractivity contribution is 0.0194. The predicted molar refractivity (Wildman–Crippen MR) is 108 cm³/mol. The highest BCUT2D eigenvalue weighted by Crippen LogP contribution is 2.35. The normalized spacial score (nSPS) is 34.5.